The third kappa shape index (κ3) is 2.69. The molecule has 3 heteroatoms. The van der Waals surface area contributed by atoms with E-state index in [2.05, 4.69) is 0 Å². The Balaban J connectivity index is 1.99. The van der Waals surface area contributed by atoms with Crippen molar-refractivity contribution >= 4 is 11.6 Å². The molecule has 0 saturated heterocycles. The summed E-state index contributed by atoms with van der Waals surface area (Å²) in [4.78, 5) is 0. The van der Waals surface area contributed by atoms with E-state index < -0.39 is 0 Å². The van der Waals surface area contributed by atoms with Crippen molar-refractivity contribution in [1.29, 1.82) is 0 Å². The molecule has 2 unspecified atom stereocenters. The molecule has 2 rings (SSSR count). The van der Waals surface area contributed by atoms with E-state index in [-0.39, 0.29) is 0 Å². The van der Waals surface area contributed by atoms with Crippen LogP contribution in [0, 0.1) is 12.8 Å². The molecule has 2 N–H and O–H groups in total. The third-order valence-corrected chi connectivity index (χ3v) is 3.49. The van der Waals surface area contributed by atoms with Crippen LogP contribution in [0.5, 0.6) is 5.75 Å². The van der Waals surface area contributed by atoms with Crippen LogP contribution in [-0.2, 0) is 0 Å². The number of ether oxygens (including phenoxy) is 1. The minimum Gasteiger partial charge on any atom is -0.490 e. The SMILES string of the molecule is Cc1cc(Cl)ccc1OC1CCC(CN)C1. The zero-order valence-electron chi connectivity index (χ0n) is 9.58. The summed E-state index contributed by atoms with van der Waals surface area (Å²) in [6.45, 7) is 2.80. The Kier molecular flexibility index (Phi) is 3.72. The molecule has 0 amide bonds. The first-order valence-corrected chi connectivity index (χ1v) is 6.19. The standard InChI is InChI=1S/C13H18ClNO/c1-9-6-11(14)3-5-13(9)16-12-4-2-10(7-12)8-15/h3,5-6,10,12H,2,4,7-8,15H2,1H3. The number of rotatable bonds is 3. The van der Waals surface area contributed by atoms with E-state index in [9.17, 15) is 0 Å². The van der Waals surface area contributed by atoms with Gasteiger partial charge in [-0.05, 0) is 62.4 Å². The van der Waals surface area contributed by atoms with Gasteiger partial charge in [0.1, 0.15) is 5.75 Å². The Hall–Kier alpha value is -0.730. The second-order valence-corrected chi connectivity index (χ2v) is 5.00. The minimum atomic E-state index is 0.327. The van der Waals surface area contributed by atoms with Crippen molar-refractivity contribution in [2.45, 2.75) is 32.3 Å². The fourth-order valence-electron chi connectivity index (χ4n) is 2.27. The maximum Gasteiger partial charge on any atom is 0.122 e. The molecule has 0 bridgehead atoms. The van der Waals surface area contributed by atoms with Gasteiger partial charge in [0, 0.05) is 5.02 Å². The van der Waals surface area contributed by atoms with Crippen LogP contribution in [0.2, 0.25) is 5.02 Å². The smallest absolute Gasteiger partial charge is 0.122 e. The van der Waals surface area contributed by atoms with Crippen molar-refractivity contribution in [3.05, 3.63) is 28.8 Å². The first-order valence-electron chi connectivity index (χ1n) is 5.82. The zero-order chi connectivity index (χ0) is 11.5. The van der Waals surface area contributed by atoms with Crippen LogP contribution in [0.4, 0.5) is 0 Å². The van der Waals surface area contributed by atoms with Crippen molar-refractivity contribution in [1.82, 2.24) is 0 Å². The number of aryl methyl sites for hydroxylation is 1. The molecule has 16 heavy (non-hydrogen) atoms. The maximum absolute atomic E-state index is 5.98. The Morgan fingerprint density at radius 3 is 2.88 bits per heavy atom. The summed E-state index contributed by atoms with van der Waals surface area (Å²) in [5.41, 5.74) is 6.77. The molecule has 1 fully saturated rings. The monoisotopic (exact) mass is 239 g/mol. The van der Waals surface area contributed by atoms with Gasteiger partial charge in [-0.1, -0.05) is 11.6 Å². The van der Waals surface area contributed by atoms with E-state index in [1.165, 1.54) is 6.42 Å². The van der Waals surface area contributed by atoms with E-state index in [0.717, 1.165) is 35.7 Å². The Bertz CT molecular complexity index is 367. The highest BCUT2D eigenvalue weighted by atomic mass is 35.5. The molecule has 2 nitrogen and oxygen atoms in total. The largest absolute Gasteiger partial charge is 0.490 e. The van der Waals surface area contributed by atoms with Crippen molar-refractivity contribution < 1.29 is 4.74 Å². The highest BCUT2D eigenvalue weighted by molar-refractivity contribution is 6.30. The van der Waals surface area contributed by atoms with Gasteiger partial charge in [-0.2, -0.15) is 0 Å². The van der Waals surface area contributed by atoms with Crippen LogP contribution in [0.1, 0.15) is 24.8 Å². The summed E-state index contributed by atoms with van der Waals surface area (Å²) in [7, 11) is 0. The fourth-order valence-corrected chi connectivity index (χ4v) is 2.50. The summed E-state index contributed by atoms with van der Waals surface area (Å²) in [6.07, 6.45) is 3.71. The lowest BCUT2D eigenvalue weighted by atomic mass is 10.1. The molecule has 0 aliphatic heterocycles. The molecule has 1 aliphatic carbocycles. The van der Waals surface area contributed by atoms with Gasteiger partial charge in [-0.25, -0.2) is 0 Å². The molecule has 1 aromatic rings. The van der Waals surface area contributed by atoms with Gasteiger partial charge >= 0.3 is 0 Å². The molecule has 1 aliphatic rings. The summed E-state index contributed by atoms with van der Waals surface area (Å²) in [6, 6.07) is 5.76. The van der Waals surface area contributed by atoms with Gasteiger partial charge in [0.2, 0.25) is 0 Å². The number of nitrogens with two attached hydrogens (primary N) is 1. The lowest BCUT2D eigenvalue weighted by Crippen LogP contribution is -2.16. The Labute approximate surface area is 102 Å². The van der Waals surface area contributed by atoms with E-state index in [1.54, 1.807) is 0 Å². The summed E-state index contributed by atoms with van der Waals surface area (Å²) in [5.74, 6) is 1.59. The first-order chi connectivity index (χ1) is 7.69. The van der Waals surface area contributed by atoms with E-state index in [1.807, 2.05) is 25.1 Å². The maximum atomic E-state index is 5.98. The van der Waals surface area contributed by atoms with Crippen LogP contribution < -0.4 is 10.5 Å². The van der Waals surface area contributed by atoms with Crippen LogP contribution >= 0.6 is 11.6 Å². The quantitative estimate of drug-likeness (QED) is 0.880. The average molecular weight is 240 g/mol. The summed E-state index contributed by atoms with van der Waals surface area (Å²) >= 11 is 5.91. The van der Waals surface area contributed by atoms with E-state index in [4.69, 9.17) is 22.1 Å². The molecule has 1 aromatic carbocycles. The predicted molar refractivity (Wildman–Crippen MR) is 67.0 cm³/mol. The van der Waals surface area contributed by atoms with Gasteiger partial charge in [0.25, 0.3) is 0 Å². The molecular weight excluding hydrogens is 222 g/mol. The predicted octanol–water partition coefficient (Wildman–Crippen LogP) is 3.15. The van der Waals surface area contributed by atoms with Crippen LogP contribution in [0.25, 0.3) is 0 Å². The summed E-state index contributed by atoms with van der Waals surface area (Å²) < 4.78 is 5.98. The highest BCUT2D eigenvalue weighted by Gasteiger charge is 2.25. The average Bonchev–Trinajstić information content (AvgIpc) is 2.70. The first kappa shape index (κ1) is 11.7. The number of halogens is 1. The van der Waals surface area contributed by atoms with Crippen molar-refractivity contribution in [2.75, 3.05) is 6.54 Å². The lowest BCUT2D eigenvalue weighted by Gasteiger charge is -2.15. The van der Waals surface area contributed by atoms with Crippen molar-refractivity contribution in [3.63, 3.8) is 0 Å². The minimum absolute atomic E-state index is 0.327. The van der Waals surface area contributed by atoms with E-state index >= 15 is 0 Å². The molecule has 0 radical (unpaired) electrons. The Morgan fingerprint density at radius 2 is 2.25 bits per heavy atom. The topological polar surface area (TPSA) is 35.2 Å². The lowest BCUT2D eigenvalue weighted by molar-refractivity contribution is 0.203. The van der Waals surface area contributed by atoms with Gasteiger partial charge in [-0.3, -0.25) is 0 Å². The fraction of sp³-hybridized carbons (Fsp3) is 0.538. The van der Waals surface area contributed by atoms with Crippen molar-refractivity contribution in [3.8, 4) is 5.75 Å². The van der Waals surface area contributed by atoms with E-state index in [0.29, 0.717) is 12.0 Å². The second-order valence-electron chi connectivity index (χ2n) is 4.56. The van der Waals surface area contributed by atoms with Gasteiger partial charge in [0.15, 0.2) is 0 Å². The zero-order valence-corrected chi connectivity index (χ0v) is 10.3. The molecule has 0 heterocycles. The van der Waals surface area contributed by atoms with Crippen LogP contribution in [-0.4, -0.2) is 12.6 Å². The van der Waals surface area contributed by atoms with Gasteiger partial charge < -0.3 is 10.5 Å². The molecule has 1 saturated carbocycles. The third-order valence-electron chi connectivity index (χ3n) is 3.26. The van der Waals surface area contributed by atoms with Gasteiger partial charge in [-0.15, -0.1) is 0 Å². The van der Waals surface area contributed by atoms with Gasteiger partial charge in [0.05, 0.1) is 6.10 Å². The normalized spacial score (nSPS) is 24.7. The van der Waals surface area contributed by atoms with Crippen molar-refractivity contribution in [2.24, 2.45) is 11.7 Å². The Morgan fingerprint density at radius 1 is 1.44 bits per heavy atom. The molecule has 2 atom stereocenters. The molecule has 0 aromatic heterocycles. The number of hydrogen-bond acceptors (Lipinski definition) is 2. The molecule has 0 spiro atoms. The highest BCUT2D eigenvalue weighted by Crippen LogP contribution is 2.30. The van der Waals surface area contributed by atoms with Crippen LogP contribution in [0.15, 0.2) is 18.2 Å². The number of hydrogen-bond donors (Lipinski definition) is 1. The number of benzene rings is 1. The summed E-state index contributed by atoms with van der Waals surface area (Å²) in [5, 5.41) is 0.760. The molecular formula is C13H18ClNO. The second kappa shape index (κ2) is 5.07. The molecule has 88 valence electrons. The van der Waals surface area contributed by atoms with Crippen LogP contribution in [0.3, 0.4) is 0 Å².